The zero-order valence-electron chi connectivity index (χ0n) is 24.1. The summed E-state index contributed by atoms with van der Waals surface area (Å²) in [6, 6.07) is 27.5. The van der Waals surface area contributed by atoms with E-state index in [1.54, 1.807) is 61.7 Å². The topological polar surface area (TPSA) is 84.9 Å². The molecule has 0 aromatic heterocycles. The molecular formula is C37H30N2O5. The van der Waals surface area contributed by atoms with Crippen molar-refractivity contribution in [3.8, 4) is 11.5 Å². The summed E-state index contributed by atoms with van der Waals surface area (Å²) in [6.45, 7) is 3.98. The SMILES string of the molecule is C=CCOc1cccc(C(=O)[C@@H]2[C@@H](C(=O)c3cccc(OC)c3)N3C=Cc4ccccc4[C@@H]3[C@]23C(=O)Nc2ccccc23)c1. The maximum absolute atomic E-state index is 15.0. The normalized spacial score (nSPS) is 22.5. The minimum atomic E-state index is -1.41. The minimum Gasteiger partial charge on any atom is -0.497 e. The Morgan fingerprint density at radius 3 is 2.41 bits per heavy atom. The fourth-order valence-electron chi connectivity index (χ4n) is 7.19. The molecule has 1 amide bonds. The molecule has 0 saturated carbocycles. The zero-order chi connectivity index (χ0) is 30.4. The number of carbonyl (C=O) groups excluding carboxylic acids is 3. The molecule has 0 radical (unpaired) electrons. The number of anilines is 1. The Kier molecular flexibility index (Phi) is 6.66. The molecule has 218 valence electrons. The van der Waals surface area contributed by atoms with Crippen LogP contribution in [0.2, 0.25) is 0 Å². The Morgan fingerprint density at radius 1 is 0.909 bits per heavy atom. The number of fused-ring (bicyclic) bond motifs is 6. The molecule has 3 aliphatic rings. The average molecular weight is 583 g/mol. The molecule has 7 heteroatoms. The van der Waals surface area contributed by atoms with Crippen LogP contribution < -0.4 is 14.8 Å². The summed E-state index contributed by atoms with van der Waals surface area (Å²) in [5.74, 6) is -0.958. The fraction of sp³-hybridized carbons (Fsp3) is 0.162. The average Bonchev–Trinajstić information content (AvgIpc) is 3.55. The summed E-state index contributed by atoms with van der Waals surface area (Å²) in [4.78, 5) is 46.3. The third-order valence-electron chi connectivity index (χ3n) is 8.96. The second-order valence-corrected chi connectivity index (χ2v) is 11.2. The van der Waals surface area contributed by atoms with Crippen LogP contribution in [-0.4, -0.2) is 42.1 Å². The van der Waals surface area contributed by atoms with Gasteiger partial charge >= 0.3 is 0 Å². The van der Waals surface area contributed by atoms with Gasteiger partial charge in [0.15, 0.2) is 11.6 Å². The zero-order valence-corrected chi connectivity index (χ0v) is 24.1. The number of ketones is 2. The van der Waals surface area contributed by atoms with E-state index in [4.69, 9.17) is 9.47 Å². The van der Waals surface area contributed by atoms with Gasteiger partial charge < -0.3 is 19.7 Å². The van der Waals surface area contributed by atoms with E-state index >= 15 is 4.79 Å². The highest BCUT2D eigenvalue weighted by Crippen LogP contribution is 2.62. The summed E-state index contributed by atoms with van der Waals surface area (Å²) < 4.78 is 11.2. The second-order valence-electron chi connectivity index (χ2n) is 11.2. The van der Waals surface area contributed by atoms with Crippen molar-refractivity contribution in [3.63, 3.8) is 0 Å². The van der Waals surface area contributed by atoms with Gasteiger partial charge in [0.1, 0.15) is 29.6 Å². The van der Waals surface area contributed by atoms with Crippen molar-refractivity contribution in [1.29, 1.82) is 0 Å². The first-order valence-corrected chi connectivity index (χ1v) is 14.5. The number of benzene rings is 4. The molecular weight excluding hydrogens is 552 g/mol. The fourth-order valence-corrected chi connectivity index (χ4v) is 7.19. The van der Waals surface area contributed by atoms with Crippen molar-refractivity contribution >= 4 is 29.2 Å². The second kappa shape index (κ2) is 10.7. The van der Waals surface area contributed by atoms with Gasteiger partial charge in [-0.05, 0) is 53.1 Å². The van der Waals surface area contributed by atoms with Crippen LogP contribution in [-0.2, 0) is 10.2 Å². The quantitative estimate of drug-likeness (QED) is 0.196. The Labute approximate surface area is 255 Å². The van der Waals surface area contributed by atoms with Crippen LogP contribution in [0.25, 0.3) is 6.08 Å². The van der Waals surface area contributed by atoms with Crippen molar-refractivity contribution in [2.45, 2.75) is 17.5 Å². The molecule has 4 aromatic rings. The number of rotatable bonds is 8. The molecule has 1 N–H and O–H groups in total. The molecule has 7 nitrogen and oxygen atoms in total. The molecule has 1 fully saturated rings. The number of hydrogen-bond donors (Lipinski definition) is 1. The third kappa shape index (κ3) is 4.00. The number of para-hydroxylation sites is 1. The molecule has 4 atom stereocenters. The Bertz CT molecular complexity index is 1860. The van der Waals surface area contributed by atoms with Gasteiger partial charge in [0.2, 0.25) is 5.91 Å². The first-order chi connectivity index (χ1) is 21.5. The number of Topliss-reactive ketones (excluding diaryl/α,β-unsaturated/α-hetero) is 2. The van der Waals surface area contributed by atoms with Crippen LogP contribution in [0.3, 0.4) is 0 Å². The molecule has 3 heterocycles. The lowest BCUT2D eigenvalue weighted by Gasteiger charge is -2.38. The lowest BCUT2D eigenvalue weighted by Crippen LogP contribution is -2.49. The summed E-state index contributed by atoms with van der Waals surface area (Å²) in [5, 5.41) is 3.08. The van der Waals surface area contributed by atoms with E-state index in [2.05, 4.69) is 11.9 Å². The molecule has 0 bridgehead atoms. The van der Waals surface area contributed by atoms with Crippen molar-refractivity contribution in [2.24, 2.45) is 5.92 Å². The van der Waals surface area contributed by atoms with Crippen molar-refractivity contribution in [1.82, 2.24) is 4.90 Å². The van der Waals surface area contributed by atoms with E-state index in [9.17, 15) is 9.59 Å². The highest BCUT2D eigenvalue weighted by atomic mass is 16.5. The van der Waals surface area contributed by atoms with Gasteiger partial charge in [0, 0.05) is 23.0 Å². The van der Waals surface area contributed by atoms with Gasteiger partial charge in [-0.3, -0.25) is 14.4 Å². The summed E-state index contributed by atoms with van der Waals surface area (Å²) in [5.41, 5.74) is 2.49. The first kappa shape index (κ1) is 27.4. The van der Waals surface area contributed by atoms with E-state index in [1.807, 2.05) is 65.7 Å². The third-order valence-corrected chi connectivity index (χ3v) is 8.96. The van der Waals surface area contributed by atoms with E-state index in [1.165, 1.54) is 0 Å². The Morgan fingerprint density at radius 2 is 1.61 bits per heavy atom. The highest BCUT2D eigenvalue weighted by molar-refractivity contribution is 6.16. The van der Waals surface area contributed by atoms with Crippen molar-refractivity contribution < 1.29 is 23.9 Å². The number of nitrogens with one attached hydrogen (secondary N) is 1. The van der Waals surface area contributed by atoms with Crippen LogP contribution in [0, 0.1) is 5.92 Å². The summed E-state index contributed by atoms with van der Waals surface area (Å²) in [6.07, 6.45) is 5.44. The molecule has 1 spiro atoms. The molecule has 7 rings (SSSR count). The largest absolute Gasteiger partial charge is 0.497 e. The predicted molar refractivity (Wildman–Crippen MR) is 168 cm³/mol. The summed E-state index contributed by atoms with van der Waals surface area (Å²) in [7, 11) is 1.54. The van der Waals surface area contributed by atoms with E-state index < -0.39 is 23.4 Å². The summed E-state index contributed by atoms with van der Waals surface area (Å²) >= 11 is 0. The molecule has 4 aromatic carbocycles. The van der Waals surface area contributed by atoms with E-state index in [0.717, 1.165) is 11.1 Å². The van der Waals surface area contributed by atoms with Gasteiger partial charge in [-0.1, -0.05) is 79.4 Å². The number of amides is 1. The van der Waals surface area contributed by atoms with Crippen LogP contribution in [0.5, 0.6) is 11.5 Å². The van der Waals surface area contributed by atoms with E-state index in [0.29, 0.717) is 33.9 Å². The van der Waals surface area contributed by atoms with Gasteiger partial charge in [0.05, 0.1) is 19.1 Å². The number of hydrogen-bond acceptors (Lipinski definition) is 6. The Balaban J connectivity index is 1.50. The maximum Gasteiger partial charge on any atom is 0.238 e. The molecule has 44 heavy (non-hydrogen) atoms. The van der Waals surface area contributed by atoms with Crippen LogP contribution in [0.1, 0.15) is 43.4 Å². The number of ether oxygens (including phenoxy) is 2. The standard InChI is InChI=1S/C37H30N2O5/c1-3-20-44-27-14-9-11-24(22-27)33(40)31-32(34(41)25-12-8-13-26(21-25)43-2)39-19-18-23-10-4-5-15-28(23)35(39)37(31)29-16-6-7-17-30(29)38-36(37)42/h3-19,21-22,31-32,35H,1,20H2,2H3,(H,38,42)/t31-,32-,35+,37+/m0/s1. The molecule has 3 aliphatic heterocycles. The molecule has 0 unspecified atom stereocenters. The smallest absolute Gasteiger partial charge is 0.238 e. The lowest BCUT2D eigenvalue weighted by atomic mass is 9.62. The predicted octanol–water partition coefficient (Wildman–Crippen LogP) is 6.24. The van der Waals surface area contributed by atoms with Crippen LogP contribution in [0.15, 0.2) is 116 Å². The van der Waals surface area contributed by atoms with Gasteiger partial charge in [0.25, 0.3) is 0 Å². The van der Waals surface area contributed by atoms with E-state index in [-0.39, 0.29) is 24.1 Å². The number of carbonyl (C=O) groups is 3. The lowest BCUT2D eigenvalue weighted by molar-refractivity contribution is -0.122. The monoisotopic (exact) mass is 582 g/mol. The maximum atomic E-state index is 15.0. The van der Waals surface area contributed by atoms with Crippen molar-refractivity contribution in [3.05, 3.63) is 144 Å². The van der Waals surface area contributed by atoms with Crippen LogP contribution in [0.4, 0.5) is 5.69 Å². The van der Waals surface area contributed by atoms with Crippen LogP contribution >= 0.6 is 0 Å². The van der Waals surface area contributed by atoms with Crippen molar-refractivity contribution in [2.75, 3.05) is 19.0 Å². The molecule has 1 saturated heterocycles. The minimum absolute atomic E-state index is 0.273. The Hall–Kier alpha value is -5.43. The van der Waals surface area contributed by atoms with Gasteiger partial charge in [-0.15, -0.1) is 0 Å². The highest BCUT2D eigenvalue weighted by Gasteiger charge is 2.70. The number of methoxy groups -OCH3 is 1. The van der Waals surface area contributed by atoms with Gasteiger partial charge in [-0.25, -0.2) is 0 Å². The molecule has 0 aliphatic carbocycles. The number of nitrogens with zero attached hydrogens (tertiary/aromatic N) is 1. The first-order valence-electron chi connectivity index (χ1n) is 14.5. The van der Waals surface area contributed by atoms with Gasteiger partial charge in [-0.2, -0.15) is 0 Å².